The molecule has 0 saturated carbocycles. The largest absolute Gasteiger partial charge is 0.431 e. The zero-order chi connectivity index (χ0) is 16.6. The van der Waals surface area contributed by atoms with Crippen LogP contribution in [0.15, 0.2) is 28.1 Å². The van der Waals surface area contributed by atoms with Crippen molar-refractivity contribution in [3.63, 3.8) is 0 Å². The first-order chi connectivity index (χ1) is 11.0. The van der Waals surface area contributed by atoms with E-state index >= 15 is 0 Å². The monoisotopic (exact) mass is 322 g/mol. The Bertz CT molecular complexity index is 842. The van der Waals surface area contributed by atoms with Crippen molar-refractivity contribution in [2.45, 2.75) is 26.4 Å². The van der Waals surface area contributed by atoms with Gasteiger partial charge in [0.05, 0.1) is 5.69 Å². The second-order valence-corrected chi connectivity index (χ2v) is 5.04. The number of nitrogens with zero attached hydrogens (tertiary/aromatic N) is 3. The third-order valence-electron chi connectivity index (χ3n) is 3.51. The molecule has 0 aliphatic heterocycles. The van der Waals surface area contributed by atoms with E-state index in [4.69, 9.17) is 5.73 Å². The molecule has 0 fully saturated rings. The Morgan fingerprint density at radius 1 is 1.39 bits per heavy atom. The van der Waals surface area contributed by atoms with E-state index in [1.807, 2.05) is 0 Å². The number of aromatic nitrogens is 3. The number of Topliss-reactive ketones (excluding diaryl/α,β-unsaturated/α-hetero) is 1. The summed E-state index contributed by atoms with van der Waals surface area (Å²) in [6.45, 7) is -1.27. The summed E-state index contributed by atoms with van der Waals surface area (Å²) >= 11 is 0. The summed E-state index contributed by atoms with van der Waals surface area (Å²) in [5, 5.41) is 7.33. The molecule has 120 valence electrons. The van der Waals surface area contributed by atoms with Crippen LogP contribution in [0.5, 0.6) is 0 Å². The molecule has 2 aromatic heterocycles. The van der Waals surface area contributed by atoms with Crippen molar-refractivity contribution >= 4 is 22.6 Å². The molecule has 1 aliphatic rings. The van der Waals surface area contributed by atoms with Crippen LogP contribution in [0.4, 0.5) is 14.5 Å². The van der Waals surface area contributed by atoms with Crippen molar-refractivity contribution in [3.8, 4) is 0 Å². The fraction of sp³-hybridized carbons (Fsp3) is 0.286. The molecule has 0 aromatic carbocycles. The number of nitrogen functional groups attached to an aromatic ring is 1. The van der Waals surface area contributed by atoms with Gasteiger partial charge in [-0.3, -0.25) is 4.79 Å². The maximum Gasteiger partial charge on any atom is 0.387 e. The van der Waals surface area contributed by atoms with Gasteiger partial charge in [0.15, 0.2) is 11.3 Å². The second kappa shape index (κ2) is 5.75. The molecular weight excluding hydrogens is 310 g/mol. The Morgan fingerprint density at radius 3 is 2.87 bits per heavy atom. The lowest BCUT2D eigenvalue weighted by atomic mass is 9.94. The Hall–Kier alpha value is -2.84. The number of hydrogen-bond donors (Lipinski definition) is 1. The summed E-state index contributed by atoms with van der Waals surface area (Å²) in [5.41, 5.74) is 9.14. The predicted molar refractivity (Wildman–Crippen MR) is 75.3 cm³/mol. The van der Waals surface area contributed by atoms with Gasteiger partial charge in [-0.25, -0.2) is 9.61 Å². The Labute approximate surface area is 128 Å². The Balaban J connectivity index is 1.89. The summed E-state index contributed by atoms with van der Waals surface area (Å²) in [7, 11) is 0. The first-order valence-corrected chi connectivity index (χ1v) is 6.70. The fourth-order valence-corrected chi connectivity index (χ4v) is 2.40. The number of halogens is 2. The van der Waals surface area contributed by atoms with Gasteiger partial charge in [-0.15, -0.1) is 0 Å². The first kappa shape index (κ1) is 15.1. The lowest BCUT2D eigenvalue weighted by Crippen LogP contribution is -2.14. The topological polar surface area (TPSA) is 104 Å². The molecule has 0 radical (unpaired) electrons. The van der Waals surface area contributed by atoms with Gasteiger partial charge >= 0.3 is 6.61 Å². The number of ketones is 1. The number of fused-ring (bicyclic) bond motifs is 1. The third-order valence-corrected chi connectivity index (χ3v) is 3.51. The van der Waals surface area contributed by atoms with Crippen LogP contribution in [0.1, 0.15) is 17.7 Å². The molecule has 9 heteroatoms. The van der Waals surface area contributed by atoms with E-state index in [1.54, 1.807) is 13.0 Å². The van der Waals surface area contributed by atoms with Crippen LogP contribution in [-0.2, 0) is 16.0 Å². The minimum Gasteiger partial charge on any atom is -0.431 e. The number of aryl methyl sites for hydroxylation is 1. The second-order valence-electron chi connectivity index (χ2n) is 5.04. The minimum absolute atomic E-state index is 0.0213. The highest BCUT2D eigenvalue weighted by Gasteiger charge is 2.22. The molecule has 2 N–H and O–H groups in total. The molecule has 0 spiro atoms. The summed E-state index contributed by atoms with van der Waals surface area (Å²) < 4.78 is 33.1. The summed E-state index contributed by atoms with van der Waals surface area (Å²) in [6, 6.07) is 0. The van der Waals surface area contributed by atoms with Gasteiger partial charge in [-0.2, -0.15) is 8.78 Å². The van der Waals surface area contributed by atoms with E-state index in [2.05, 4.69) is 24.7 Å². The molecule has 0 saturated heterocycles. The fourth-order valence-electron chi connectivity index (χ4n) is 2.40. The van der Waals surface area contributed by atoms with Crippen molar-refractivity contribution < 1.29 is 22.9 Å². The Kier molecular flexibility index (Phi) is 3.77. The first-order valence-electron chi connectivity index (χ1n) is 6.70. The number of carbonyl (C=O) groups excluding carboxylic acids is 1. The quantitative estimate of drug-likeness (QED) is 0.918. The van der Waals surface area contributed by atoms with Crippen LogP contribution in [0.2, 0.25) is 0 Å². The van der Waals surface area contributed by atoms with Crippen molar-refractivity contribution in [2.24, 2.45) is 0 Å². The number of anilines is 1. The van der Waals surface area contributed by atoms with Gasteiger partial charge in [0.25, 0.3) is 0 Å². The zero-order valence-corrected chi connectivity index (χ0v) is 12.0. The van der Waals surface area contributed by atoms with Crippen molar-refractivity contribution in [1.82, 2.24) is 15.3 Å². The maximum absolute atomic E-state index is 12.2. The molecule has 0 amide bonds. The van der Waals surface area contributed by atoms with E-state index in [0.717, 1.165) is 0 Å². The van der Waals surface area contributed by atoms with E-state index in [9.17, 15) is 13.6 Å². The zero-order valence-electron chi connectivity index (χ0n) is 12.0. The molecule has 3 rings (SSSR count). The van der Waals surface area contributed by atoms with Crippen LogP contribution in [0, 0.1) is 6.92 Å². The number of allylic oxidation sites excluding steroid dienone is 4. The van der Waals surface area contributed by atoms with E-state index < -0.39 is 12.4 Å². The molecule has 1 aliphatic carbocycles. The van der Waals surface area contributed by atoms with E-state index in [0.29, 0.717) is 40.1 Å². The normalized spacial score (nSPS) is 15.0. The molecule has 2 heterocycles. The van der Waals surface area contributed by atoms with Gasteiger partial charge in [0, 0.05) is 17.7 Å². The number of carbonyl (C=O) groups is 1. The SMILES string of the molecule is Cc1nc2nonc2c(N)c1CC1=CC=C(OC(F)F)C(=O)C1. The molecule has 23 heavy (non-hydrogen) atoms. The Morgan fingerprint density at radius 2 is 2.17 bits per heavy atom. The highest BCUT2D eigenvalue weighted by Crippen LogP contribution is 2.28. The number of nitrogens with two attached hydrogens (primary N) is 1. The average molecular weight is 322 g/mol. The maximum atomic E-state index is 12.2. The highest BCUT2D eigenvalue weighted by atomic mass is 19.3. The van der Waals surface area contributed by atoms with E-state index in [-0.39, 0.29) is 12.2 Å². The lowest BCUT2D eigenvalue weighted by Gasteiger charge is -2.15. The molecule has 0 bridgehead atoms. The lowest BCUT2D eigenvalue weighted by molar-refractivity contribution is -0.132. The van der Waals surface area contributed by atoms with Gasteiger partial charge in [-0.1, -0.05) is 11.6 Å². The molecular formula is C14H12F2N4O3. The smallest absolute Gasteiger partial charge is 0.387 e. The number of hydrogen-bond acceptors (Lipinski definition) is 7. The van der Waals surface area contributed by atoms with Crippen LogP contribution in [-0.4, -0.2) is 27.7 Å². The number of alkyl halides is 2. The molecule has 0 unspecified atom stereocenters. The highest BCUT2D eigenvalue weighted by molar-refractivity contribution is 5.96. The van der Waals surface area contributed by atoms with Gasteiger partial charge < -0.3 is 10.5 Å². The van der Waals surface area contributed by atoms with Crippen LogP contribution in [0.3, 0.4) is 0 Å². The molecule has 7 nitrogen and oxygen atoms in total. The summed E-state index contributed by atoms with van der Waals surface area (Å²) in [5.74, 6) is -0.848. The predicted octanol–water partition coefficient (Wildman–Crippen LogP) is 2.07. The number of ether oxygens (including phenoxy) is 1. The summed E-state index contributed by atoms with van der Waals surface area (Å²) in [4.78, 5) is 16.1. The number of pyridine rings is 1. The van der Waals surface area contributed by atoms with Gasteiger partial charge in [-0.05, 0) is 29.7 Å². The molecule has 2 aromatic rings. The van der Waals surface area contributed by atoms with Gasteiger partial charge in [0.1, 0.15) is 0 Å². The minimum atomic E-state index is -3.02. The van der Waals surface area contributed by atoms with Crippen LogP contribution in [0.25, 0.3) is 11.2 Å². The number of rotatable bonds is 4. The third kappa shape index (κ3) is 2.89. The van der Waals surface area contributed by atoms with Crippen molar-refractivity contribution in [3.05, 3.63) is 34.7 Å². The molecule has 0 atom stereocenters. The van der Waals surface area contributed by atoms with Crippen molar-refractivity contribution in [1.29, 1.82) is 0 Å². The van der Waals surface area contributed by atoms with E-state index in [1.165, 1.54) is 6.08 Å². The van der Waals surface area contributed by atoms with Crippen molar-refractivity contribution in [2.75, 3.05) is 5.73 Å². The van der Waals surface area contributed by atoms with Crippen LogP contribution < -0.4 is 5.73 Å². The average Bonchev–Trinajstić information content (AvgIpc) is 2.94. The summed E-state index contributed by atoms with van der Waals surface area (Å²) in [6.07, 6.45) is 3.13. The van der Waals surface area contributed by atoms with Gasteiger partial charge in [0.2, 0.25) is 11.4 Å². The standard InChI is InChI=1S/C14H12F2N4O3/c1-6-8(11(17)12-13(18-6)20-23-19-12)4-7-2-3-10(9(21)5-7)22-14(15)16/h2-3,14H,4-5,17H2,1H3. The van der Waals surface area contributed by atoms with Crippen LogP contribution >= 0.6 is 0 Å².